The number of carbonyl (C=O) groups is 3. The van der Waals surface area contributed by atoms with Crippen molar-refractivity contribution in [2.24, 2.45) is 28.6 Å². The SMILES string of the molecule is C/C=C/C(=O)C(C)C1=CC(=O)C2=C(OC34CC[C@H](O)C(C)(C)[C@@H]3CC[C@H](C)C4(C)C2)C1=O. The van der Waals surface area contributed by atoms with E-state index in [0.29, 0.717) is 30.8 Å². The molecule has 2 fully saturated rings. The standard InChI is InChI=1S/C27H36O5/c1-7-8-19(28)16(3)17-13-20(29)18-14-26(6)15(2)9-10-21-25(4,5)22(30)11-12-27(21,26)32-24(18)23(17)31/h7-8,13,15-16,21-22,30H,9-12,14H2,1-6H3/b8-7+/t15-,16?,21-,22-,26?,27?/m0/s1. The fraction of sp³-hybridized carbons (Fsp3) is 0.667. The van der Waals surface area contributed by atoms with Gasteiger partial charge < -0.3 is 9.84 Å². The molecule has 2 saturated carbocycles. The van der Waals surface area contributed by atoms with Crippen LogP contribution in [0.4, 0.5) is 0 Å². The molecule has 4 rings (SSSR count). The van der Waals surface area contributed by atoms with Crippen molar-refractivity contribution in [1.82, 2.24) is 0 Å². The molecular formula is C27H36O5. The number of carbonyl (C=O) groups excluding carboxylic acids is 3. The summed E-state index contributed by atoms with van der Waals surface area (Å²) in [4.78, 5) is 39.2. The highest BCUT2D eigenvalue weighted by Gasteiger charge is 2.68. The van der Waals surface area contributed by atoms with Crippen molar-refractivity contribution in [3.63, 3.8) is 0 Å². The average Bonchev–Trinajstić information content (AvgIpc) is 2.73. The van der Waals surface area contributed by atoms with Crippen LogP contribution in [-0.2, 0) is 19.1 Å². The molecule has 0 saturated heterocycles. The number of rotatable bonds is 3. The molecule has 3 unspecified atom stereocenters. The monoisotopic (exact) mass is 440 g/mol. The van der Waals surface area contributed by atoms with Gasteiger partial charge in [-0.2, -0.15) is 0 Å². The van der Waals surface area contributed by atoms with E-state index in [2.05, 4.69) is 27.7 Å². The van der Waals surface area contributed by atoms with Gasteiger partial charge in [0.2, 0.25) is 5.78 Å². The van der Waals surface area contributed by atoms with Gasteiger partial charge in [-0.1, -0.05) is 40.7 Å². The van der Waals surface area contributed by atoms with Crippen LogP contribution in [0, 0.1) is 28.6 Å². The van der Waals surface area contributed by atoms with E-state index < -0.39 is 17.6 Å². The molecule has 4 aliphatic rings. The van der Waals surface area contributed by atoms with Crippen LogP contribution in [0.15, 0.2) is 35.1 Å². The van der Waals surface area contributed by atoms with Gasteiger partial charge in [0.15, 0.2) is 17.3 Å². The Morgan fingerprint density at radius 3 is 2.56 bits per heavy atom. The largest absolute Gasteiger partial charge is 0.482 e. The Labute approximate surface area is 191 Å². The Hall–Kier alpha value is -2.01. The van der Waals surface area contributed by atoms with Gasteiger partial charge in [0.1, 0.15) is 5.60 Å². The molecule has 0 amide bonds. The van der Waals surface area contributed by atoms with E-state index in [0.717, 1.165) is 12.8 Å². The lowest BCUT2D eigenvalue weighted by atomic mass is 9.43. The minimum Gasteiger partial charge on any atom is -0.482 e. The highest BCUT2D eigenvalue weighted by atomic mass is 16.5. The molecule has 1 spiro atoms. The van der Waals surface area contributed by atoms with Crippen molar-refractivity contribution in [1.29, 1.82) is 0 Å². The van der Waals surface area contributed by atoms with Crippen molar-refractivity contribution in [3.8, 4) is 0 Å². The molecule has 0 aromatic heterocycles. The van der Waals surface area contributed by atoms with Gasteiger partial charge in [-0.15, -0.1) is 0 Å². The molecule has 0 bridgehead atoms. The third-order valence-electron chi connectivity index (χ3n) is 9.43. The second-order valence-electron chi connectivity index (χ2n) is 11.2. The third kappa shape index (κ3) is 2.96. The van der Waals surface area contributed by atoms with E-state index >= 15 is 0 Å². The molecule has 1 aliphatic heterocycles. The molecule has 1 N–H and O–H groups in total. The second kappa shape index (κ2) is 7.51. The van der Waals surface area contributed by atoms with Gasteiger partial charge in [-0.25, -0.2) is 0 Å². The first-order chi connectivity index (χ1) is 14.9. The molecule has 174 valence electrons. The molecule has 32 heavy (non-hydrogen) atoms. The predicted molar refractivity (Wildman–Crippen MR) is 122 cm³/mol. The lowest BCUT2D eigenvalue weighted by Crippen LogP contribution is -2.68. The number of aliphatic hydroxyl groups is 1. The van der Waals surface area contributed by atoms with Crippen molar-refractivity contribution in [2.45, 2.75) is 85.4 Å². The minimum absolute atomic E-state index is 0.0772. The number of ether oxygens (including phenoxy) is 1. The van der Waals surface area contributed by atoms with E-state index in [9.17, 15) is 19.5 Å². The van der Waals surface area contributed by atoms with Crippen LogP contribution in [0.2, 0.25) is 0 Å². The van der Waals surface area contributed by atoms with Crippen LogP contribution in [0.1, 0.15) is 73.6 Å². The quantitative estimate of drug-likeness (QED) is 0.516. The second-order valence-corrected chi connectivity index (χ2v) is 11.2. The van der Waals surface area contributed by atoms with E-state index in [1.54, 1.807) is 19.9 Å². The third-order valence-corrected chi connectivity index (χ3v) is 9.43. The van der Waals surface area contributed by atoms with Gasteiger partial charge in [0, 0.05) is 28.4 Å². The molecule has 5 heteroatoms. The number of hydrogen-bond donors (Lipinski definition) is 1. The Kier molecular flexibility index (Phi) is 5.44. The molecule has 3 aliphatic carbocycles. The van der Waals surface area contributed by atoms with Crippen LogP contribution in [-0.4, -0.2) is 34.2 Å². The zero-order chi connectivity index (χ0) is 23.6. The smallest absolute Gasteiger partial charge is 0.224 e. The highest BCUT2D eigenvalue weighted by molar-refractivity contribution is 6.24. The number of allylic oxidation sites excluding steroid dienone is 5. The van der Waals surface area contributed by atoms with Gasteiger partial charge in [-0.05, 0) is 62.5 Å². The van der Waals surface area contributed by atoms with Crippen LogP contribution >= 0.6 is 0 Å². The first-order valence-electron chi connectivity index (χ1n) is 12.0. The Morgan fingerprint density at radius 2 is 1.91 bits per heavy atom. The number of Topliss-reactive ketones (excluding diaryl/α,β-unsaturated/α-hetero) is 1. The maximum Gasteiger partial charge on any atom is 0.224 e. The maximum atomic E-state index is 13.6. The molecular weight excluding hydrogens is 404 g/mol. The van der Waals surface area contributed by atoms with E-state index in [1.165, 1.54) is 12.2 Å². The van der Waals surface area contributed by atoms with Crippen molar-refractivity contribution >= 4 is 17.3 Å². The number of aliphatic hydroxyl groups excluding tert-OH is 1. The highest BCUT2D eigenvalue weighted by Crippen LogP contribution is 2.67. The summed E-state index contributed by atoms with van der Waals surface area (Å²) in [6, 6.07) is 0. The zero-order valence-corrected chi connectivity index (χ0v) is 20.2. The molecule has 5 nitrogen and oxygen atoms in total. The Balaban J connectivity index is 1.80. The first kappa shape index (κ1) is 23.2. The summed E-state index contributed by atoms with van der Waals surface area (Å²) in [6.07, 6.45) is 7.71. The summed E-state index contributed by atoms with van der Waals surface area (Å²) in [6.45, 7) is 12.0. The molecule has 6 atom stereocenters. The van der Waals surface area contributed by atoms with Crippen LogP contribution < -0.4 is 0 Å². The summed E-state index contributed by atoms with van der Waals surface area (Å²) < 4.78 is 6.77. The lowest BCUT2D eigenvalue weighted by molar-refractivity contribution is -0.255. The molecule has 0 aromatic rings. The Morgan fingerprint density at radius 1 is 1.22 bits per heavy atom. The summed E-state index contributed by atoms with van der Waals surface area (Å²) in [5, 5.41) is 10.8. The predicted octanol–water partition coefficient (Wildman–Crippen LogP) is 4.49. The fourth-order valence-corrected chi connectivity index (χ4v) is 7.02. The normalized spacial score (nSPS) is 39.6. The van der Waals surface area contributed by atoms with Crippen molar-refractivity contribution in [2.75, 3.05) is 0 Å². The summed E-state index contributed by atoms with van der Waals surface area (Å²) in [5.41, 5.74) is -0.602. The van der Waals surface area contributed by atoms with Crippen molar-refractivity contribution < 1.29 is 24.2 Å². The lowest BCUT2D eigenvalue weighted by Gasteiger charge is -2.67. The van der Waals surface area contributed by atoms with Gasteiger partial charge in [0.05, 0.1) is 6.10 Å². The fourth-order valence-electron chi connectivity index (χ4n) is 7.02. The zero-order valence-electron chi connectivity index (χ0n) is 20.2. The number of ketones is 3. The average molecular weight is 441 g/mol. The van der Waals surface area contributed by atoms with E-state index in [4.69, 9.17) is 4.74 Å². The van der Waals surface area contributed by atoms with Crippen LogP contribution in [0.5, 0.6) is 0 Å². The van der Waals surface area contributed by atoms with Crippen LogP contribution in [0.25, 0.3) is 0 Å². The first-order valence-corrected chi connectivity index (χ1v) is 12.0. The summed E-state index contributed by atoms with van der Waals surface area (Å²) in [7, 11) is 0. The molecule has 1 heterocycles. The van der Waals surface area contributed by atoms with Gasteiger partial charge >= 0.3 is 0 Å². The molecule has 0 aromatic carbocycles. The molecule has 0 radical (unpaired) electrons. The van der Waals surface area contributed by atoms with Crippen molar-refractivity contribution in [3.05, 3.63) is 35.1 Å². The maximum absolute atomic E-state index is 13.6. The van der Waals surface area contributed by atoms with E-state index in [-0.39, 0.29) is 45.4 Å². The Bertz CT molecular complexity index is 967. The minimum atomic E-state index is -0.697. The summed E-state index contributed by atoms with van der Waals surface area (Å²) in [5.74, 6) is -0.893. The summed E-state index contributed by atoms with van der Waals surface area (Å²) >= 11 is 0. The van der Waals surface area contributed by atoms with Gasteiger partial charge in [0.25, 0.3) is 0 Å². The van der Waals surface area contributed by atoms with E-state index in [1.807, 2.05) is 0 Å². The topological polar surface area (TPSA) is 80.7 Å². The van der Waals surface area contributed by atoms with Gasteiger partial charge in [-0.3, -0.25) is 14.4 Å². The number of hydrogen-bond acceptors (Lipinski definition) is 5. The van der Waals surface area contributed by atoms with Crippen LogP contribution in [0.3, 0.4) is 0 Å².